The average Bonchev–Trinajstić information content (AvgIpc) is 2.01. The Hall–Kier alpha value is -0.880. The SMILES string of the molecule is CC(C)Sc1ncnc(Cl)c1[N+](=O)[O-]. The lowest BCUT2D eigenvalue weighted by Crippen LogP contribution is -1.98. The summed E-state index contributed by atoms with van der Waals surface area (Å²) in [7, 11) is 0. The number of rotatable bonds is 3. The van der Waals surface area contributed by atoms with Crippen LogP contribution in [0.4, 0.5) is 5.69 Å². The van der Waals surface area contributed by atoms with Crippen molar-refractivity contribution in [1.29, 1.82) is 0 Å². The highest BCUT2D eigenvalue weighted by atomic mass is 35.5. The molecule has 76 valence electrons. The first-order valence-electron chi connectivity index (χ1n) is 3.84. The number of hydrogen-bond acceptors (Lipinski definition) is 5. The van der Waals surface area contributed by atoms with Crippen LogP contribution in [-0.2, 0) is 0 Å². The van der Waals surface area contributed by atoms with E-state index >= 15 is 0 Å². The van der Waals surface area contributed by atoms with E-state index in [2.05, 4.69) is 9.97 Å². The third-order valence-corrected chi connectivity index (χ3v) is 2.54. The van der Waals surface area contributed by atoms with Crippen LogP contribution in [0.3, 0.4) is 0 Å². The standard InChI is InChI=1S/C7H8ClN3O2S/c1-4(2)14-7-5(11(12)13)6(8)9-3-10-7/h3-4H,1-2H3. The first kappa shape index (κ1) is 11.2. The van der Waals surface area contributed by atoms with E-state index in [1.165, 1.54) is 18.1 Å². The van der Waals surface area contributed by atoms with Gasteiger partial charge in [0.1, 0.15) is 6.33 Å². The highest BCUT2D eigenvalue weighted by molar-refractivity contribution is 7.99. The zero-order chi connectivity index (χ0) is 10.7. The van der Waals surface area contributed by atoms with Crippen molar-refractivity contribution in [1.82, 2.24) is 9.97 Å². The zero-order valence-corrected chi connectivity index (χ0v) is 9.17. The fourth-order valence-corrected chi connectivity index (χ4v) is 1.90. The highest BCUT2D eigenvalue weighted by Gasteiger charge is 2.22. The lowest BCUT2D eigenvalue weighted by Gasteiger charge is -2.04. The van der Waals surface area contributed by atoms with E-state index < -0.39 is 4.92 Å². The predicted octanol–water partition coefficient (Wildman–Crippen LogP) is 2.54. The Bertz CT molecular complexity index is 359. The summed E-state index contributed by atoms with van der Waals surface area (Å²) < 4.78 is 0. The maximum Gasteiger partial charge on any atom is 0.338 e. The summed E-state index contributed by atoms with van der Waals surface area (Å²) >= 11 is 6.89. The van der Waals surface area contributed by atoms with E-state index in [0.717, 1.165) is 0 Å². The first-order valence-corrected chi connectivity index (χ1v) is 5.09. The van der Waals surface area contributed by atoms with Gasteiger partial charge in [-0.15, -0.1) is 0 Å². The molecule has 0 fully saturated rings. The van der Waals surface area contributed by atoms with Crippen LogP contribution in [0.1, 0.15) is 13.8 Å². The van der Waals surface area contributed by atoms with Gasteiger partial charge in [-0.05, 0) is 0 Å². The molecule has 0 N–H and O–H groups in total. The third-order valence-electron chi connectivity index (χ3n) is 1.27. The summed E-state index contributed by atoms with van der Waals surface area (Å²) in [5, 5.41) is 11.1. The van der Waals surface area contributed by atoms with E-state index in [9.17, 15) is 10.1 Å². The van der Waals surface area contributed by atoms with Crippen LogP contribution in [0.25, 0.3) is 0 Å². The summed E-state index contributed by atoms with van der Waals surface area (Å²) in [5.74, 6) is 0. The zero-order valence-electron chi connectivity index (χ0n) is 7.60. The molecule has 0 aromatic carbocycles. The Labute approximate surface area is 90.0 Å². The molecule has 1 aromatic heterocycles. The molecular weight excluding hydrogens is 226 g/mol. The smallest absolute Gasteiger partial charge is 0.258 e. The molecule has 0 amide bonds. The Morgan fingerprint density at radius 2 is 2.21 bits per heavy atom. The molecule has 0 radical (unpaired) electrons. The monoisotopic (exact) mass is 233 g/mol. The van der Waals surface area contributed by atoms with Gasteiger partial charge in [0.25, 0.3) is 0 Å². The second-order valence-corrected chi connectivity index (χ2v) is 4.67. The van der Waals surface area contributed by atoms with Crippen molar-refractivity contribution in [3.63, 3.8) is 0 Å². The molecule has 1 rings (SSSR count). The van der Waals surface area contributed by atoms with Gasteiger partial charge in [-0.25, -0.2) is 9.97 Å². The average molecular weight is 234 g/mol. The Kier molecular flexibility index (Phi) is 3.65. The van der Waals surface area contributed by atoms with Crippen molar-refractivity contribution in [2.45, 2.75) is 24.1 Å². The fourth-order valence-electron chi connectivity index (χ4n) is 0.805. The second-order valence-electron chi connectivity index (χ2n) is 2.74. The molecule has 0 atom stereocenters. The molecule has 0 unspecified atom stereocenters. The van der Waals surface area contributed by atoms with E-state index in [1.54, 1.807) is 0 Å². The van der Waals surface area contributed by atoms with E-state index in [0.29, 0.717) is 5.03 Å². The summed E-state index contributed by atoms with van der Waals surface area (Å²) in [6.07, 6.45) is 1.22. The van der Waals surface area contributed by atoms with Gasteiger partial charge in [-0.3, -0.25) is 10.1 Å². The van der Waals surface area contributed by atoms with Gasteiger partial charge in [0.15, 0.2) is 5.03 Å². The third kappa shape index (κ3) is 2.55. The van der Waals surface area contributed by atoms with E-state index in [-0.39, 0.29) is 16.1 Å². The van der Waals surface area contributed by atoms with Gasteiger partial charge >= 0.3 is 5.69 Å². The van der Waals surface area contributed by atoms with Crippen LogP contribution < -0.4 is 0 Å². The van der Waals surface area contributed by atoms with Crippen molar-refractivity contribution in [3.8, 4) is 0 Å². The second kappa shape index (κ2) is 4.56. The van der Waals surface area contributed by atoms with Crippen LogP contribution in [0.2, 0.25) is 5.15 Å². The van der Waals surface area contributed by atoms with Gasteiger partial charge in [-0.1, -0.05) is 37.2 Å². The van der Waals surface area contributed by atoms with Crippen molar-refractivity contribution >= 4 is 29.1 Å². The quantitative estimate of drug-likeness (QED) is 0.347. The largest absolute Gasteiger partial charge is 0.338 e. The summed E-state index contributed by atoms with van der Waals surface area (Å²) in [6.45, 7) is 3.84. The summed E-state index contributed by atoms with van der Waals surface area (Å²) in [6, 6.07) is 0. The number of nitro groups is 1. The van der Waals surface area contributed by atoms with Crippen molar-refractivity contribution < 1.29 is 4.92 Å². The first-order chi connectivity index (χ1) is 6.52. The minimum atomic E-state index is -0.562. The molecule has 7 heteroatoms. The molecule has 0 bridgehead atoms. The lowest BCUT2D eigenvalue weighted by molar-refractivity contribution is -0.388. The number of thioether (sulfide) groups is 1. The Morgan fingerprint density at radius 1 is 1.57 bits per heavy atom. The lowest BCUT2D eigenvalue weighted by atomic mass is 10.5. The van der Waals surface area contributed by atoms with Crippen LogP contribution in [-0.4, -0.2) is 20.1 Å². The van der Waals surface area contributed by atoms with Crippen LogP contribution in [0.5, 0.6) is 0 Å². The van der Waals surface area contributed by atoms with Gasteiger partial charge in [0.05, 0.1) is 4.92 Å². The van der Waals surface area contributed by atoms with E-state index in [1.807, 2.05) is 13.8 Å². The number of nitrogens with zero attached hydrogens (tertiary/aromatic N) is 3. The maximum absolute atomic E-state index is 10.7. The molecule has 0 saturated heterocycles. The number of aromatic nitrogens is 2. The molecule has 14 heavy (non-hydrogen) atoms. The number of halogens is 1. The summed E-state index contributed by atoms with van der Waals surface area (Å²) in [4.78, 5) is 17.5. The number of hydrogen-bond donors (Lipinski definition) is 0. The Balaban J connectivity index is 3.14. The normalized spacial score (nSPS) is 10.6. The van der Waals surface area contributed by atoms with Gasteiger partial charge in [0.2, 0.25) is 5.15 Å². The Morgan fingerprint density at radius 3 is 2.71 bits per heavy atom. The topological polar surface area (TPSA) is 68.9 Å². The highest BCUT2D eigenvalue weighted by Crippen LogP contribution is 2.33. The van der Waals surface area contributed by atoms with Crippen LogP contribution in [0.15, 0.2) is 11.4 Å². The molecule has 0 aliphatic rings. The van der Waals surface area contributed by atoms with Gasteiger partial charge in [-0.2, -0.15) is 0 Å². The minimum absolute atomic E-state index is 0.117. The fraction of sp³-hybridized carbons (Fsp3) is 0.429. The minimum Gasteiger partial charge on any atom is -0.258 e. The maximum atomic E-state index is 10.7. The van der Waals surface area contributed by atoms with E-state index in [4.69, 9.17) is 11.6 Å². The molecule has 1 heterocycles. The molecule has 1 aromatic rings. The molecule has 0 aliphatic carbocycles. The van der Waals surface area contributed by atoms with Crippen molar-refractivity contribution in [2.75, 3.05) is 0 Å². The van der Waals surface area contributed by atoms with Crippen molar-refractivity contribution in [2.24, 2.45) is 0 Å². The molecule has 0 aliphatic heterocycles. The molecular formula is C7H8ClN3O2S. The van der Waals surface area contributed by atoms with Crippen LogP contribution >= 0.6 is 23.4 Å². The van der Waals surface area contributed by atoms with Gasteiger partial charge in [0, 0.05) is 5.25 Å². The predicted molar refractivity (Wildman–Crippen MR) is 54.7 cm³/mol. The van der Waals surface area contributed by atoms with Gasteiger partial charge < -0.3 is 0 Å². The molecule has 5 nitrogen and oxygen atoms in total. The van der Waals surface area contributed by atoms with Crippen molar-refractivity contribution in [3.05, 3.63) is 21.6 Å². The van der Waals surface area contributed by atoms with Crippen LogP contribution in [0, 0.1) is 10.1 Å². The molecule has 0 spiro atoms. The summed E-state index contributed by atoms with van der Waals surface area (Å²) in [5.41, 5.74) is -0.215. The molecule has 0 saturated carbocycles.